The summed E-state index contributed by atoms with van der Waals surface area (Å²) in [5, 5.41) is 0. The van der Waals surface area contributed by atoms with E-state index in [2.05, 4.69) is 22.6 Å². The fourth-order valence-corrected chi connectivity index (χ4v) is 2.68. The summed E-state index contributed by atoms with van der Waals surface area (Å²) in [5.74, 6) is 1.02. The number of nitrogens with zero attached hydrogens (tertiary/aromatic N) is 1. The van der Waals surface area contributed by atoms with Crippen LogP contribution in [0.2, 0.25) is 0 Å². The molecule has 0 aliphatic carbocycles. The summed E-state index contributed by atoms with van der Waals surface area (Å²) in [7, 11) is 0. The Balaban J connectivity index is 1.97. The highest BCUT2D eigenvalue weighted by Crippen LogP contribution is 2.30. The van der Waals surface area contributed by atoms with Gasteiger partial charge in [-0.15, -0.1) is 0 Å². The number of fused-ring (bicyclic) bond motifs is 1. The van der Waals surface area contributed by atoms with Crippen molar-refractivity contribution in [1.82, 2.24) is 4.37 Å². The van der Waals surface area contributed by atoms with Gasteiger partial charge in [0.1, 0.15) is 5.75 Å². The molecule has 0 fully saturated rings. The van der Waals surface area contributed by atoms with E-state index in [9.17, 15) is 0 Å². The van der Waals surface area contributed by atoms with Gasteiger partial charge in [0.2, 0.25) is 0 Å². The van der Waals surface area contributed by atoms with Crippen LogP contribution in [-0.4, -0.2) is 11.0 Å². The van der Waals surface area contributed by atoms with E-state index in [1.165, 1.54) is 17.1 Å². The molecule has 0 saturated carbocycles. The van der Waals surface area contributed by atoms with Crippen LogP contribution in [0.1, 0.15) is 16.9 Å². The Kier molecular flexibility index (Phi) is 2.82. The van der Waals surface area contributed by atoms with Crippen molar-refractivity contribution in [2.24, 2.45) is 5.73 Å². The molecule has 0 amide bonds. The quantitative estimate of drug-likeness (QED) is 0.886. The van der Waals surface area contributed by atoms with Gasteiger partial charge in [0.25, 0.3) is 0 Å². The Morgan fingerprint density at radius 2 is 2.29 bits per heavy atom. The van der Waals surface area contributed by atoms with E-state index in [0.29, 0.717) is 6.54 Å². The Morgan fingerprint density at radius 3 is 3.12 bits per heavy atom. The number of hydrogen-bond donors (Lipinski definition) is 1. The lowest BCUT2D eigenvalue weighted by Gasteiger charge is -2.17. The molecule has 0 saturated heterocycles. The molecule has 88 valence electrons. The van der Waals surface area contributed by atoms with Crippen LogP contribution >= 0.6 is 11.5 Å². The van der Waals surface area contributed by atoms with Crippen molar-refractivity contribution in [3.8, 4) is 17.0 Å². The molecule has 0 unspecified atom stereocenters. The minimum Gasteiger partial charge on any atom is -0.493 e. The molecule has 4 heteroatoms. The molecule has 1 aromatic heterocycles. The van der Waals surface area contributed by atoms with Gasteiger partial charge in [-0.2, -0.15) is 4.37 Å². The average molecular weight is 246 g/mol. The van der Waals surface area contributed by atoms with E-state index in [-0.39, 0.29) is 0 Å². The first-order valence-corrected chi connectivity index (χ1v) is 6.56. The van der Waals surface area contributed by atoms with Gasteiger partial charge in [0, 0.05) is 17.0 Å². The van der Waals surface area contributed by atoms with Gasteiger partial charge in [-0.25, -0.2) is 0 Å². The molecule has 2 aromatic rings. The van der Waals surface area contributed by atoms with Crippen LogP contribution in [0, 0.1) is 0 Å². The lowest BCUT2D eigenvalue weighted by molar-refractivity contribution is 0.288. The van der Waals surface area contributed by atoms with Crippen LogP contribution in [0.15, 0.2) is 24.3 Å². The van der Waals surface area contributed by atoms with Gasteiger partial charge in [0.15, 0.2) is 0 Å². The highest BCUT2D eigenvalue weighted by atomic mass is 32.1. The molecule has 1 aliphatic rings. The summed E-state index contributed by atoms with van der Waals surface area (Å²) in [4.78, 5) is 1.12. The smallest absolute Gasteiger partial charge is 0.122 e. The van der Waals surface area contributed by atoms with Crippen LogP contribution in [0.5, 0.6) is 5.75 Å². The van der Waals surface area contributed by atoms with Crippen molar-refractivity contribution in [3.05, 3.63) is 34.7 Å². The number of hydrogen-bond acceptors (Lipinski definition) is 4. The zero-order chi connectivity index (χ0) is 11.7. The summed E-state index contributed by atoms with van der Waals surface area (Å²) in [5.41, 5.74) is 9.07. The number of aromatic nitrogens is 1. The topological polar surface area (TPSA) is 48.1 Å². The van der Waals surface area contributed by atoms with Gasteiger partial charge in [-0.05, 0) is 54.2 Å². The molecule has 1 aliphatic heterocycles. The molecule has 2 N–H and O–H groups in total. The van der Waals surface area contributed by atoms with Crippen molar-refractivity contribution in [1.29, 1.82) is 0 Å². The third-order valence-corrected chi connectivity index (χ3v) is 3.77. The van der Waals surface area contributed by atoms with Gasteiger partial charge >= 0.3 is 0 Å². The molecule has 2 heterocycles. The van der Waals surface area contributed by atoms with Crippen LogP contribution in [0.3, 0.4) is 0 Å². The molecular weight excluding hydrogens is 232 g/mol. The lowest BCUT2D eigenvalue weighted by Crippen LogP contribution is -2.07. The predicted octanol–water partition coefficient (Wildman–Crippen LogP) is 2.59. The van der Waals surface area contributed by atoms with E-state index in [4.69, 9.17) is 10.5 Å². The first-order chi connectivity index (χ1) is 8.36. The molecule has 17 heavy (non-hydrogen) atoms. The van der Waals surface area contributed by atoms with E-state index in [1.807, 2.05) is 6.07 Å². The lowest BCUT2D eigenvalue weighted by atomic mass is 10.0. The van der Waals surface area contributed by atoms with E-state index < -0.39 is 0 Å². The van der Waals surface area contributed by atoms with Gasteiger partial charge < -0.3 is 10.5 Å². The van der Waals surface area contributed by atoms with E-state index in [1.54, 1.807) is 0 Å². The Morgan fingerprint density at radius 1 is 1.35 bits per heavy atom. The second-order valence-corrected chi connectivity index (χ2v) is 5.05. The third kappa shape index (κ3) is 2.06. The minimum absolute atomic E-state index is 0.561. The fraction of sp³-hybridized carbons (Fsp3) is 0.308. The highest BCUT2D eigenvalue weighted by molar-refractivity contribution is 7.06. The molecular formula is C13H14N2OS. The maximum Gasteiger partial charge on any atom is 0.122 e. The summed E-state index contributed by atoms with van der Waals surface area (Å²) in [6.45, 7) is 1.39. The molecule has 0 radical (unpaired) electrons. The van der Waals surface area contributed by atoms with Crippen molar-refractivity contribution in [2.75, 3.05) is 6.61 Å². The van der Waals surface area contributed by atoms with Gasteiger partial charge in [-0.3, -0.25) is 0 Å². The normalized spacial score (nSPS) is 14.2. The third-order valence-electron chi connectivity index (χ3n) is 2.96. The minimum atomic E-state index is 0.561. The van der Waals surface area contributed by atoms with E-state index in [0.717, 1.165) is 41.3 Å². The van der Waals surface area contributed by atoms with Crippen molar-refractivity contribution in [3.63, 3.8) is 0 Å². The van der Waals surface area contributed by atoms with Crippen molar-refractivity contribution >= 4 is 11.5 Å². The first-order valence-electron chi connectivity index (χ1n) is 5.78. The zero-order valence-corrected chi connectivity index (χ0v) is 10.3. The number of benzene rings is 1. The van der Waals surface area contributed by atoms with Crippen LogP contribution in [-0.2, 0) is 13.0 Å². The zero-order valence-electron chi connectivity index (χ0n) is 9.48. The second-order valence-electron chi connectivity index (χ2n) is 4.16. The first kappa shape index (κ1) is 10.7. The largest absolute Gasteiger partial charge is 0.493 e. The molecule has 0 spiro atoms. The number of aryl methyl sites for hydroxylation is 1. The summed E-state index contributed by atoms with van der Waals surface area (Å²) in [6, 6.07) is 8.37. The number of nitrogens with two attached hydrogens (primary N) is 1. The molecule has 3 nitrogen and oxygen atoms in total. The highest BCUT2D eigenvalue weighted by Gasteiger charge is 2.12. The van der Waals surface area contributed by atoms with Crippen LogP contribution < -0.4 is 10.5 Å². The van der Waals surface area contributed by atoms with Gasteiger partial charge in [-0.1, -0.05) is 0 Å². The Labute approximate surface area is 104 Å². The predicted molar refractivity (Wildman–Crippen MR) is 69.3 cm³/mol. The van der Waals surface area contributed by atoms with Crippen molar-refractivity contribution in [2.45, 2.75) is 19.4 Å². The average Bonchev–Trinajstić information content (AvgIpc) is 2.87. The summed E-state index contributed by atoms with van der Waals surface area (Å²) >= 11 is 1.48. The monoisotopic (exact) mass is 246 g/mol. The second kappa shape index (κ2) is 4.47. The Hall–Kier alpha value is -1.39. The maximum atomic E-state index is 5.60. The molecule has 3 rings (SSSR count). The fourth-order valence-electron chi connectivity index (χ4n) is 2.06. The van der Waals surface area contributed by atoms with Crippen LogP contribution in [0.25, 0.3) is 11.3 Å². The molecule has 1 aromatic carbocycles. The molecule has 0 bridgehead atoms. The van der Waals surface area contributed by atoms with Gasteiger partial charge in [0.05, 0.1) is 12.3 Å². The number of ether oxygens (including phenoxy) is 1. The maximum absolute atomic E-state index is 5.60. The van der Waals surface area contributed by atoms with E-state index >= 15 is 0 Å². The summed E-state index contributed by atoms with van der Waals surface area (Å²) in [6.07, 6.45) is 2.19. The van der Waals surface area contributed by atoms with Crippen LogP contribution in [0.4, 0.5) is 0 Å². The molecule has 0 atom stereocenters. The Bertz CT molecular complexity index is 536. The standard InChI is InChI=1S/C13H14N2OS/c14-8-11-7-12(15-17-11)9-3-4-13-10(6-9)2-1-5-16-13/h3-4,6-7H,1-2,5,8,14H2. The van der Waals surface area contributed by atoms with Crippen molar-refractivity contribution < 1.29 is 4.74 Å². The summed E-state index contributed by atoms with van der Waals surface area (Å²) < 4.78 is 10.0. The SMILES string of the molecule is NCc1cc(-c2ccc3c(c2)CCCO3)ns1. The number of rotatable bonds is 2.